The zero-order valence-corrected chi connectivity index (χ0v) is 5.07. The Kier molecular flexibility index (Phi) is 1.66. The molecule has 5 nitrogen and oxygen atoms in total. The van der Waals surface area contributed by atoms with Gasteiger partial charge in [-0.05, 0) is 0 Å². The number of imide groups is 1. The molecule has 1 heterocycles. The van der Waals surface area contributed by atoms with Crippen LogP contribution < -0.4 is 0 Å². The van der Waals surface area contributed by atoms with Gasteiger partial charge in [0.05, 0.1) is 0 Å². The molecule has 54 valence electrons. The van der Waals surface area contributed by atoms with E-state index in [1.54, 1.807) is 0 Å². The maximum absolute atomic E-state index is 10.6. The minimum Gasteiger partial charge on any atom is -0.334 e. The molecule has 0 aromatic carbocycles. The van der Waals surface area contributed by atoms with E-state index in [9.17, 15) is 14.4 Å². The average molecular weight is 144 g/mol. The van der Waals surface area contributed by atoms with Crippen LogP contribution in [0, 0.1) is 0 Å². The van der Waals surface area contributed by atoms with Gasteiger partial charge in [-0.1, -0.05) is 0 Å². The molecule has 10 heavy (non-hydrogen) atoms. The van der Waals surface area contributed by atoms with E-state index >= 15 is 0 Å². The Morgan fingerprint density at radius 2 is 1.80 bits per heavy atom. The maximum atomic E-state index is 10.6. The van der Waals surface area contributed by atoms with Crippen LogP contribution in [0.3, 0.4) is 0 Å². The third-order valence-electron chi connectivity index (χ3n) is 1.15. The van der Waals surface area contributed by atoms with E-state index in [0.29, 0.717) is 5.06 Å². The summed E-state index contributed by atoms with van der Waals surface area (Å²) in [5, 5.41) is 0.479. The molecule has 0 saturated carbocycles. The molecule has 1 rings (SSSR count). The molecule has 2 amide bonds. The fraction of sp³-hybridized carbons (Fsp3) is 0.400. The number of carbonyl (C=O) groups excluding carboxylic acids is 3. The monoisotopic (exact) mass is 144 g/mol. The van der Waals surface area contributed by atoms with Crippen molar-refractivity contribution in [2.45, 2.75) is 12.8 Å². The molecule has 0 aliphatic carbocycles. The van der Waals surface area contributed by atoms with E-state index in [1.807, 2.05) is 0 Å². The minimum absolute atomic E-state index is 0.0567. The van der Waals surface area contributed by atoms with E-state index in [-0.39, 0.29) is 19.3 Å². The van der Waals surface area contributed by atoms with Crippen molar-refractivity contribution < 1.29 is 19.2 Å². The first-order valence-corrected chi connectivity index (χ1v) is 2.72. The Morgan fingerprint density at radius 1 is 1.30 bits per heavy atom. The first-order valence-electron chi connectivity index (χ1n) is 2.72. The summed E-state index contributed by atoms with van der Waals surface area (Å²) in [6.07, 6.45) is 0.263. The van der Waals surface area contributed by atoms with Crippen LogP contribution in [-0.2, 0) is 19.2 Å². The van der Waals surface area contributed by atoms with Gasteiger partial charge in [0.25, 0.3) is 11.8 Å². The Balaban J connectivity index is 2.62. The summed E-state index contributed by atoms with van der Waals surface area (Å²) in [4.78, 5) is 35.0. The van der Waals surface area contributed by atoms with Gasteiger partial charge in [0, 0.05) is 12.8 Å². The molecule has 1 aliphatic rings. The summed E-state index contributed by atoms with van der Waals surface area (Å²) in [6, 6.07) is 0. The number of carbonyl (C=O) groups is 3. The van der Waals surface area contributed by atoms with Gasteiger partial charge in [-0.3, -0.25) is 14.4 Å². The van der Waals surface area contributed by atoms with Gasteiger partial charge in [-0.15, -0.1) is 5.06 Å². The highest BCUT2D eigenvalue weighted by Gasteiger charge is 2.30. The van der Waals surface area contributed by atoms with Crippen LogP contribution in [0.5, 0.6) is 0 Å². The Hall–Kier alpha value is -1.39. The SMILES string of the molecule is O=[13CH]ON1C(=O)CCC1=O. The van der Waals surface area contributed by atoms with E-state index in [2.05, 4.69) is 4.84 Å². The first kappa shape index (κ1) is 6.73. The predicted molar refractivity (Wildman–Crippen MR) is 28.2 cm³/mol. The molecule has 0 N–H and O–H groups in total. The number of amides is 2. The van der Waals surface area contributed by atoms with Crippen molar-refractivity contribution in [1.29, 1.82) is 0 Å². The smallest absolute Gasteiger partial charge is 0.321 e. The van der Waals surface area contributed by atoms with Gasteiger partial charge < -0.3 is 4.84 Å². The quantitative estimate of drug-likeness (QED) is 0.290. The first-order chi connectivity index (χ1) is 4.75. The number of hydroxylamine groups is 2. The van der Waals surface area contributed by atoms with Crippen molar-refractivity contribution in [3.8, 4) is 0 Å². The fourth-order valence-corrected chi connectivity index (χ4v) is 0.717. The highest BCUT2D eigenvalue weighted by molar-refractivity contribution is 6.01. The zero-order chi connectivity index (χ0) is 7.56. The number of hydrogen-bond acceptors (Lipinski definition) is 4. The van der Waals surface area contributed by atoms with Gasteiger partial charge in [0.15, 0.2) is 0 Å². The Morgan fingerprint density at radius 3 is 2.20 bits per heavy atom. The van der Waals surface area contributed by atoms with Crippen LogP contribution in [0.2, 0.25) is 0 Å². The van der Waals surface area contributed by atoms with Gasteiger partial charge in [0.2, 0.25) is 0 Å². The largest absolute Gasteiger partial charge is 0.334 e. The number of rotatable bonds is 2. The van der Waals surface area contributed by atoms with Gasteiger partial charge in [-0.2, -0.15) is 0 Å². The second-order valence-corrected chi connectivity index (χ2v) is 1.78. The molecule has 0 spiro atoms. The topological polar surface area (TPSA) is 63.7 Å². The molecule has 0 aromatic heterocycles. The Labute approximate surface area is 56.5 Å². The summed E-state index contributed by atoms with van der Waals surface area (Å²) in [7, 11) is 0. The van der Waals surface area contributed by atoms with E-state index in [4.69, 9.17) is 0 Å². The molecule has 1 aliphatic heterocycles. The van der Waals surface area contributed by atoms with Crippen molar-refractivity contribution in [2.24, 2.45) is 0 Å². The van der Waals surface area contributed by atoms with Crippen LogP contribution in [0.25, 0.3) is 0 Å². The van der Waals surface area contributed by atoms with Crippen molar-refractivity contribution in [2.75, 3.05) is 0 Å². The Bertz CT molecular complexity index is 172. The normalized spacial score (nSPS) is 17.8. The average Bonchev–Trinajstić information content (AvgIpc) is 2.20. The van der Waals surface area contributed by atoms with Crippen molar-refractivity contribution in [1.82, 2.24) is 5.06 Å². The molecular weight excluding hydrogens is 139 g/mol. The second kappa shape index (κ2) is 2.47. The summed E-state index contributed by atoms with van der Waals surface area (Å²) in [6.45, 7) is 0.0567. The summed E-state index contributed by atoms with van der Waals surface area (Å²) in [5.74, 6) is -0.922. The van der Waals surface area contributed by atoms with Crippen LogP contribution in [0.1, 0.15) is 12.8 Å². The number of nitrogens with zero attached hydrogens (tertiary/aromatic N) is 1. The lowest BCUT2D eigenvalue weighted by Gasteiger charge is -2.06. The predicted octanol–water partition coefficient (Wildman–Crippen LogP) is -0.777. The lowest BCUT2D eigenvalue weighted by molar-refractivity contribution is -0.188. The molecule has 1 fully saturated rings. The lowest BCUT2D eigenvalue weighted by atomic mass is 10.4. The van der Waals surface area contributed by atoms with E-state index in [1.165, 1.54) is 0 Å². The summed E-state index contributed by atoms with van der Waals surface area (Å²) in [5.41, 5.74) is 0. The van der Waals surface area contributed by atoms with Gasteiger partial charge >= 0.3 is 6.47 Å². The summed E-state index contributed by atoms with van der Waals surface area (Å²) >= 11 is 0. The highest BCUT2D eigenvalue weighted by atomic mass is 16.8. The molecule has 0 radical (unpaired) electrons. The zero-order valence-electron chi connectivity index (χ0n) is 5.07. The van der Waals surface area contributed by atoms with Crippen LogP contribution in [0.15, 0.2) is 0 Å². The van der Waals surface area contributed by atoms with Crippen LogP contribution >= 0.6 is 0 Å². The van der Waals surface area contributed by atoms with E-state index in [0.717, 1.165) is 0 Å². The molecule has 5 heteroatoms. The van der Waals surface area contributed by atoms with Crippen molar-refractivity contribution >= 4 is 18.3 Å². The van der Waals surface area contributed by atoms with Crippen LogP contribution in [-0.4, -0.2) is 23.3 Å². The minimum atomic E-state index is -0.461. The standard InChI is InChI=1S/C5H5NO4/c7-3-10-6-4(8)1-2-5(6)9/h3H,1-2H2/i3+1. The third-order valence-corrected chi connectivity index (χ3v) is 1.15. The lowest BCUT2D eigenvalue weighted by Crippen LogP contribution is -2.28. The van der Waals surface area contributed by atoms with Gasteiger partial charge in [-0.25, -0.2) is 0 Å². The molecule has 1 saturated heterocycles. The molecule has 0 aromatic rings. The van der Waals surface area contributed by atoms with Crippen molar-refractivity contribution in [3.63, 3.8) is 0 Å². The molecule has 0 bridgehead atoms. The highest BCUT2D eigenvalue weighted by Crippen LogP contribution is 2.10. The molecular formula is C5H5NO4. The summed E-state index contributed by atoms with van der Waals surface area (Å²) < 4.78 is 0. The van der Waals surface area contributed by atoms with Crippen molar-refractivity contribution in [3.05, 3.63) is 0 Å². The maximum Gasteiger partial charge on any atom is 0.321 e. The second-order valence-electron chi connectivity index (χ2n) is 1.78. The number of hydrogen-bond donors (Lipinski definition) is 0. The molecule has 0 unspecified atom stereocenters. The van der Waals surface area contributed by atoms with Crippen LogP contribution in [0.4, 0.5) is 0 Å². The third kappa shape index (κ3) is 0.975. The van der Waals surface area contributed by atoms with E-state index < -0.39 is 11.8 Å². The molecule has 0 atom stereocenters. The van der Waals surface area contributed by atoms with Gasteiger partial charge in [0.1, 0.15) is 0 Å². The fourth-order valence-electron chi connectivity index (χ4n) is 0.717.